The SMILES string of the molecule is Cc1nn(C)c(OC(=O)Oc2c(C(=O)c3ccc(Cl)cc3Cl)c(C)nn2C)c1C(=O)c1ccc(Cl)cc1Cl. The van der Waals surface area contributed by atoms with Gasteiger partial charge in [-0.2, -0.15) is 10.2 Å². The van der Waals surface area contributed by atoms with Crippen LogP contribution in [0.4, 0.5) is 4.79 Å². The molecule has 0 N–H and O–H groups in total. The largest absolute Gasteiger partial charge is 0.522 e. The van der Waals surface area contributed by atoms with Crippen molar-refractivity contribution in [2.75, 3.05) is 0 Å². The van der Waals surface area contributed by atoms with Crippen LogP contribution in [0.3, 0.4) is 0 Å². The smallest absolute Gasteiger partial charge is 0.375 e. The molecule has 0 aliphatic heterocycles. The van der Waals surface area contributed by atoms with E-state index < -0.39 is 17.7 Å². The van der Waals surface area contributed by atoms with E-state index in [1.165, 1.54) is 59.9 Å². The fourth-order valence-corrected chi connectivity index (χ4v) is 4.81. The molecule has 13 heteroatoms. The number of hydrogen-bond donors (Lipinski definition) is 0. The zero-order valence-electron chi connectivity index (χ0n) is 20.3. The lowest BCUT2D eigenvalue weighted by Crippen LogP contribution is -2.20. The maximum atomic E-state index is 13.3. The molecule has 2 heterocycles. The zero-order valence-corrected chi connectivity index (χ0v) is 23.3. The summed E-state index contributed by atoms with van der Waals surface area (Å²) in [6.45, 7) is 3.15. The van der Waals surface area contributed by atoms with E-state index in [1.54, 1.807) is 13.8 Å². The third-order valence-corrected chi connectivity index (χ3v) is 6.60. The van der Waals surface area contributed by atoms with Crippen molar-refractivity contribution in [3.63, 3.8) is 0 Å². The highest BCUT2D eigenvalue weighted by Crippen LogP contribution is 2.32. The summed E-state index contributed by atoms with van der Waals surface area (Å²) in [5.41, 5.74) is 0.853. The zero-order chi connectivity index (χ0) is 27.9. The highest BCUT2D eigenvalue weighted by atomic mass is 35.5. The van der Waals surface area contributed by atoms with Gasteiger partial charge in [-0.1, -0.05) is 46.4 Å². The molecule has 0 bridgehead atoms. The Hall–Kier alpha value is -3.37. The second-order valence-corrected chi connectivity index (χ2v) is 9.83. The van der Waals surface area contributed by atoms with Crippen LogP contribution in [0.1, 0.15) is 43.2 Å². The Morgan fingerprint density at radius 3 is 1.39 bits per heavy atom. The van der Waals surface area contributed by atoms with Crippen molar-refractivity contribution in [2.24, 2.45) is 14.1 Å². The summed E-state index contributed by atoms with van der Waals surface area (Å²) in [7, 11) is 2.98. The molecule has 4 aromatic rings. The minimum atomic E-state index is -1.23. The molecular formula is C25H18Cl4N4O5. The van der Waals surface area contributed by atoms with Crippen LogP contribution in [-0.4, -0.2) is 37.3 Å². The molecule has 0 saturated carbocycles. The first-order chi connectivity index (χ1) is 17.9. The van der Waals surface area contributed by atoms with Gasteiger partial charge < -0.3 is 9.47 Å². The van der Waals surface area contributed by atoms with Crippen LogP contribution in [0, 0.1) is 13.8 Å². The number of aryl methyl sites for hydroxylation is 4. The monoisotopic (exact) mass is 594 g/mol. The number of carbonyl (C=O) groups is 3. The van der Waals surface area contributed by atoms with Gasteiger partial charge in [-0.05, 0) is 50.2 Å². The first-order valence-corrected chi connectivity index (χ1v) is 12.4. The van der Waals surface area contributed by atoms with Gasteiger partial charge in [0.1, 0.15) is 11.1 Å². The van der Waals surface area contributed by atoms with E-state index in [1.807, 2.05) is 0 Å². The molecule has 4 rings (SSSR count). The average Bonchev–Trinajstić information content (AvgIpc) is 3.25. The van der Waals surface area contributed by atoms with E-state index in [0.717, 1.165) is 0 Å². The molecule has 0 radical (unpaired) electrons. The van der Waals surface area contributed by atoms with Crippen molar-refractivity contribution in [2.45, 2.75) is 13.8 Å². The fraction of sp³-hybridized carbons (Fsp3) is 0.160. The summed E-state index contributed by atoms with van der Waals surface area (Å²) in [6, 6.07) is 8.79. The molecule has 0 amide bonds. The number of halogens is 4. The van der Waals surface area contributed by atoms with E-state index in [2.05, 4.69) is 10.2 Å². The van der Waals surface area contributed by atoms with Gasteiger partial charge in [-0.15, -0.1) is 0 Å². The first-order valence-electron chi connectivity index (χ1n) is 10.8. The normalized spacial score (nSPS) is 10.9. The molecule has 0 aliphatic carbocycles. The van der Waals surface area contributed by atoms with Crippen molar-refractivity contribution in [1.82, 2.24) is 19.6 Å². The Kier molecular flexibility index (Phi) is 7.85. The van der Waals surface area contributed by atoms with E-state index in [9.17, 15) is 14.4 Å². The number of aromatic nitrogens is 4. The molecule has 0 spiro atoms. The van der Waals surface area contributed by atoms with E-state index >= 15 is 0 Å². The van der Waals surface area contributed by atoms with Gasteiger partial charge >= 0.3 is 6.16 Å². The summed E-state index contributed by atoms with van der Waals surface area (Å²) >= 11 is 24.3. The molecule has 196 valence electrons. The van der Waals surface area contributed by atoms with Gasteiger partial charge in [0, 0.05) is 35.3 Å². The van der Waals surface area contributed by atoms with Crippen molar-refractivity contribution >= 4 is 64.1 Å². The van der Waals surface area contributed by atoms with Crippen molar-refractivity contribution in [3.8, 4) is 11.8 Å². The van der Waals surface area contributed by atoms with E-state index in [-0.39, 0.29) is 55.4 Å². The maximum Gasteiger partial charge on any atom is 0.522 e. The van der Waals surface area contributed by atoms with Crippen molar-refractivity contribution in [3.05, 3.63) is 90.1 Å². The van der Waals surface area contributed by atoms with Gasteiger partial charge in [0.05, 0.1) is 21.4 Å². The molecule has 2 aromatic carbocycles. The lowest BCUT2D eigenvalue weighted by Gasteiger charge is -2.10. The molecule has 38 heavy (non-hydrogen) atoms. The molecule has 0 aliphatic rings. The van der Waals surface area contributed by atoms with Crippen molar-refractivity contribution < 1.29 is 23.9 Å². The molecule has 0 unspecified atom stereocenters. The fourth-order valence-electron chi connectivity index (χ4n) is 3.83. The lowest BCUT2D eigenvalue weighted by atomic mass is 10.0. The Labute approximate surface area is 236 Å². The summed E-state index contributed by atoms with van der Waals surface area (Å²) in [5.74, 6) is -1.44. The van der Waals surface area contributed by atoms with Gasteiger partial charge in [0.15, 0.2) is 0 Å². The van der Waals surface area contributed by atoms with Crippen LogP contribution in [0.2, 0.25) is 20.1 Å². The van der Waals surface area contributed by atoms with Crippen LogP contribution in [0.5, 0.6) is 11.8 Å². The maximum absolute atomic E-state index is 13.3. The van der Waals surface area contributed by atoms with Gasteiger partial charge in [-0.25, -0.2) is 14.2 Å². The predicted molar refractivity (Wildman–Crippen MR) is 142 cm³/mol. The number of rotatable bonds is 6. The Morgan fingerprint density at radius 1 is 0.684 bits per heavy atom. The van der Waals surface area contributed by atoms with Crippen LogP contribution in [-0.2, 0) is 14.1 Å². The molecule has 0 atom stereocenters. The number of ketones is 2. The minimum absolute atomic E-state index is 0.000829. The number of carbonyl (C=O) groups excluding carboxylic acids is 3. The molecule has 9 nitrogen and oxygen atoms in total. The molecule has 0 saturated heterocycles. The van der Waals surface area contributed by atoms with Crippen LogP contribution < -0.4 is 9.47 Å². The topological polar surface area (TPSA) is 105 Å². The predicted octanol–water partition coefficient (Wildman–Crippen LogP) is 6.42. The van der Waals surface area contributed by atoms with Gasteiger partial charge in [-0.3, -0.25) is 9.59 Å². The van der Waals surface area contributed by atoms with E-state index in [4.69, 9.17) is 55.9 Å². The average molecular weight is 596 g/mol. The van der Waals surface area contributed by atoms with Gasteiger partial charge in [0.25, 0.3) is 0 Å². The number of hydrogen-bond acceptors (Lipinski definition) is 7. The molecular weight excluding hydrogens is 578 g/mol. The van der Waals surface area contributed by atoms with Crippen molar-refractivity contribution in [1.29, 1.82) is 0 Å². The second-order valence-electron chi connectivity index (χ2n) is 8.14. The summed E-state index contributed by atoms with van der Waals surface area (Å²) in [4.78, 5) is 39.5. The number of benzene rings is 2. The summed E-state index contributed by atoms with van der Waals surface area (Å²) < 4.78 is 13.2. The van der Waals surface area contributed by atoms with E-state index in [0.29, 0.717) is 10.0 Å². The quantitative estimate of drug-likeness (QED) is 0.187. The van der Waals surface area contributed by atoms with Gasteiger partial charge in [0.2, 0.25) is 23.3 Å². The molecule has 0 fully saturated rings. The standard InChI is InChI=1S/C25H18Cl4N4O5/c1-11-19(21(34)15-7-5-13(26)9-17(15)28)23(32(3)30-11)37-25(36)38-24-20(12(2)31-33(24)4)22(35)16-8-6-14(27)10-18(16)29/h5-10H,1-4H3. The first kappa shape index (κ1) is 27.7. The molecule has 2 aromatic heterocycles. The number of nitrogens with zero attached hydrogens (tertiary/aromatic N) is 4. The summed E-state index contributed by atoms with van der Waals surface area (Å²) in [5, 5.41) is 9.32. The van der Waals surface area contributed by atoms with Crippen LogP contribution in [0.15, 0.2) is 36.4 Å². The highest BCUT2D eigenvalue weighted by Gasteiger charge is 2.30. The lowest BCUT2D eigenvalue weighted by molar-refractivity contribution is 0.102. The second kappa shape index (κ2) is 10.8. The Morgan fingerprint density at radius 2 is 1.05 bits per heavy atom. The Bertz CT molecular complexity index is 1510. The van der Waals surface area contributed by atoms with Crippen LogP contribution >= 0.6 is 46.4 Å². The summed E-state index contributed by atoms with van der Waals surface area (Å²) in [6.07, 6.45) is -1.23. The highest BCUT2D eigenvalue weighted by molar-refractivity contribution is 6.38. The Balaban J connectivity index is 1.66. The van der Waals surface area contributed by atoms with Crippen LogP contribution in [0.25, 0.3) is 0 Å². The third kappa shape index (κ3) is 5.28. The third-order valence-electron chi connectivity index (χ3n) is 5.50. The minimum Gasteiger partial charge on any atom is -0.375 e. The number of ether oxygens (including phenoxy) is 2.